The molecule has 5 nitrogen and oxygen atoms in total. The summed E-state index contributed by atoms with van der Waals surface area (Å²) in [5.74, 6) is 1.96. The molecule has 0 spiro atoms. The molecule has 4 heterocycles. The van der Waals surface area contributed by atoms with E-state index in [1.54, 1.807) is 0 Å². The van der Waals surface area contributed by atoms with E-state index in [0.29, 0.717) is 17.5 Å². The van der Waals surface area contributed by atoms with Gasteiger partial charge < -0.3 is 8.97 Å². The van der Waals surface area contributed by atoms with E-state index in [2.05, 4.69) is 148 Å². The fourth-order valence-electron chi connectivity index (χ4n) is 8.87. The van der Waals surface area contributed by atoms with E-state index in [0.717, 1.165) is 33.5 Å². The number of aromatic nitrogens is 5. The van der Waals surface area contributed by atoms with Gasteiger partial charge in [0.05, 0.1) is 27.6 Å². The van der Waals surface area contributed by atoms with Crippen molar-refractivity contribution in [1.29, 1.82) is 0 Å². The minimum atomic E-state index is 0.646. The summed E-state index contributed by atoms with van der Waals surface area (Å²) in [7, 11) is 0. The van der Waals surface area contributed by atoms with E-state index in [1.807, 2.05) is 60.7 Å². The lowest BCUT2D eigenvalue weighted by atomic mass is 10.0. The van der Waals surface area contributed by atoms with Crippen molar-refractivity contribution >= 4 is 59.9 Å². The van der Waals surface area contributed by atoms with Gasteiger partial charge in [0, 0.05) is 49.3 Å². The quantitative estimate of drug-likeness (QED) is 0.165. The number of rotatable bonds is 5. The highest BCUT2D eigenvalue weighted by Crippen LogP contribution is 2.41. The Morgan fingerprint density at radius 1 is 0.276 bits per heavy atom. The van der Waals surface area contributed by atoms with Crippen LogP contribution in [0.1, 0.15) is 0 Å². The number of benzene rings is 8. The van der Waals surface area contributed by atoms with Crippen molar-refractivity contribution in [2.45, 2.75) is 0 Å². The Labute approximate surface area is 333 Å². The highest BCUT2D eigenvalue weighted by Gasteiger charge is 2.19. The van der Waals surface area contributed by atoms with E-state index in [1.165, 1.54) is 59.9 Å². The van der Waals surface area contributed by atoms with Crippen molar-refractivity contribution < 1.29 is 0 Å². The van der Waals surface area contributed by atoms with Crippen LogP contribution >= 0.6 is 0 Å². The normalized spacial score (nSPS) is 11.8. The molecule has 0 aliphatic heterocycles. The highest BCUT2D eigenvalue weighted by molar-refractivity contribution is 6.25. The van der Waals surface area contributed by atoms with Crippen molar-refractivity contribution in [3.05, 3.63) is 200 Å². The molecule has 8 aromatic carbocycles. The predicted octanol–water partition coefficient (Wildman–Crippen LogP) is 13.3. The molecule has 4 aromatic heterocycles. The third-order valence-corrected chi connectivity index (χ3v) is 11.6. The molecular formula is C53H33N5. The fraction of sp³-hybridized carbons (Fsp3) is 0. The highest BCUT2D eigenvalue weighted by atomic mass is 15.0. The topological polar surface area (TPSA) is 48.0 Å². The van der Waals surface area contributed by atoms with Gasteiger partial charge in [0.1, 0.15) is 0 Å². The van der Waals surface area contributed by atoms with Crippen LogP contribution in [0.15, 0.2) is 200 Å². The molecule has 0 amide bonds. The molecule has 5 heteroatoms. The molecule has 0 aliphatic carbocycles. The third kappa shape index (κ3) is 5.00. The van der Waals surface area contributed by atoms with Crippen LogP contribution in [0.25, 0.3) is 111 Å². The second kappa shape index (κ2) is 12.8. The zero-order valence-electron chi connectivity index (χ0n) is 31.3. The van der Waals surface area contributed by atoms with E-state index in [4.69, 9.17) is 15.0 Å². The molecular weight excluding hydrogens is 707 g/mol. The van der Waals surface area contributed by atoms with Gasteiger partial charge in [0.25, 0.3) is 0 Å². The number of hydrogen-bond acceptors (Lipinski definition) is 3. The first-order valence-electron chi connectivity index (χ1n) is 19.6. The predicted molar refractivity (Wildman–Crippen MR) is 239 cm³/mol. The smallest absolute Gasteiger partial charge is 0.164 e. The molecule has 0 saturated heterocycles. The van der Waals surface area contributed by atoms with Crippen molar-refractivity contribution in [2.24, 2.45) is 0 Å². The largest absolute Gasteiger partial charge is 0.309 e. The minimum Gasteiger partial charge on any atom is -0.309 e. The summed E-state index contributed by atoms with van der Waals surface area (Å²) >= 11 is 0. The monoisotopic (exact) mass is 739 g/mol. The average molecular weight is 740 g/mol. The maximum Gasteiger partial charge on any atom is 0.164 e. The van der Waals surface area contributed by atoms with Crippen LogP contribution in [0.2, 0.25) is 0 Å². The molecule has 0 unspecified atom stereocenters. The van der Waals surface area contributed by atoms with Gasteiger partial charge in [-0.05, 0) is 59.0 Å². The molecule has 0 aliphatic rings. The summed E-state index contributed by atoms with van der Waals surface area (Å²) in [5, 5.41) is 7.59. The third-order valence-electron chi connectivity index (χ3n) is 11.6. The van der Waals surface area contributed by atoms with Gasteiger partial charge in [-0.1, -0.05) is 158 Å². The fourth-order valence-corrected chi connectivity index (χ4v) is 8.87. The Balaban J connectivity index is 0.949. The van der Waals surface area contributed by atoms with Crippen LogP contribution in [-0.2, 0) is 0 Å². The van der Waals surface area contributed by atoms with Gasteiger partial charge in [0.2, 0.25) is 0 Å². The number of pyridine rings is 1. The van der Waals surface area contributed by atoms with Crippen LogP contribution in [-0.4, -0.2) is 23.9 Å². The molecule has 12 rings (SSSR count). The first-order valence-corrected chi connectivity index (χ1v) is 19.6. The van der Waals surface area contributed by atoms with E-state index < -0.39 is 0 Å². The summed E-state index contributed by atoms with van der Waals surface area (Å²) < 4.78 is 4.86. The second-order valence-corrected chi connectivity index (χ2v) is 14.8. The number of hydrogen-bond donors (Lipinski definition) is 0. The van der Waals surface area contributed by atoms with Crippen LogP contribution in [0.4, 0.5) is 0 Å². The van der Waals surface area contributed by atoms with Crippen molar-refractivity contribution in [1.82, 2.24) is 23.9 Å². The molecule has 0 N–H and O–H groups in total. The lowest BCUT2D eigenvalue weighted by Gasteiger charge is -2.11. The van der Waals surface area contributed by atoms with Crippen molar-refractivity contribution in [3.63, 3.8) is 0 Å². The van der Waals surface area contributed by atoms with Gasteiger partial charge in [-0.25, -0.2) is 15.0 Å². The van der Waals surface area contributed by atoms with E-state index >= 15 is 0 Å². The molecule has 270 valence electrons. The van der Waals surface area contributed by atoms with Crippen LogP contribution < -0.4 is 0 Å². The van der Waals surface area contributed by atoms with Crippen molar-refractivity contribution in [3.8, 4) is 51.0 Å². The summed E-state index contributed by atoms with van der Waals surface area (Å²) in [4.78, 5) is 14.7. The van der Waals surface area contributed by atoms with Crippen LogP contribution in [0.5, 0.6) is 0 Å². The van der Waals surface area contributed by atoms with Gasteiger partial charge in [-0.15, -0.1) is 0 Å². The SMILES string of the molecule is c1ccc(-c2nc(-c3ccccc3)nc(-c3ccc(-c4ccc(-n5c6ccccc6c6c7cc8c9ccccc9c9ccccc9n8c7ccc65)cc4)cc3)n2)cc1. The summed E-state index contributed by atoms with van der Waals surface area (Å²) in [6.45, 7) is 0. The number of fused-ring (bicyclic) bond motifs is 12. The first kappa shape index (κ1) is 32.4. The Morgan fingerprint density at radius 2 is 0.707 bits per heavy atom. The van der Waals surface area contributed by atoms with Gasteiger partial charge in [-0.2, -0.15) is 0 Å². The molecule has 0 bridgehead atoms. The van der Waals surface area contributed by atoms with Gasteiger partial charge >= 0.3 is 0 Å². The summed E-state index contributed by atoms with van der Waals surface area (Å²) in [6.07, 6.45) is 0. The number of para-hydroxylation sites is 2. The minimum absolute atomic E-state index is 0.646. The maximum atomic E-state index is 4.92. The Kier molecular flexibility index (Phi) is 7.16. The molecule has 0 atom stereocenters. The summed E-state index contributed by atoms with van der Waals surface area (Å²) in [5.41, 5.74) is 12.3. The Bertz CT molecular complexity index is 3470. The average Bonchev–Trinajstić information content (AvgIpc) is 3.87. The summed E-state index contributed by atoms with van der Waals surface area (Å²) in [6, 6.07) is 70.9. The van der Waals surface area contributed by atoms with Crippen molar-refractivity contribution in [2.75, 3.05) is 0 Å². The standard InChI is InChI=1S/C53H33N5/c1-3-13-36(14-4-1)51-54-52(37-15-5-2-6-16-37)56-53(55-51)38-25-23-34(24-26-38)35-27-29-39(30-28-35)57-46-22-12-10-20-43(46)50-44-33-49-42-19-8-7-17-40(42)41-18-9-11-21-45(41)58(49)47(44)31-32-48(50)57/h1-33H. The van der Waals surface area contributed by atoms with Gasteiger partial charge in [-0.3, -0.25) is 0 Å². The number of nitrogens with zero attached hydrogens (tertiary/aromatic N) is 5. The van der Waals surface area contributed by atoms with Gasteiger partial charge in [0.15, 0.2) is 17.5 Å². The van der Waals surface area contributed by atoms with Crippen LogP contribution in [0, 0.1) is 0 Å². The maximum absolute atomic E-state index is 4.92. The second-order valence-electron chi connectivity index (χ2n) is 14.8. The van der Waals surface area contributed by atoms with E-state index in [9.17, 15) is 0 Å². The molecule has 0 saturated carbocycles. The zero-order valence-corrected chi connectivity index (χ0v) is 31.3. The first-order chi connectivity index (χ1) is 28.8. The Hall–Kier alpha value is -7.89. The lowest BCUT2D eigenvalue weighted by molar-refractivity contribution is 1.07. The van der Waals surface area contributed by atoms with E-state index in [-0.39, 0.29) is 0 Å². The molecule has 0 fully saturated rings. The zero-order chi connectivity index (χ0) is 38.2. The molecule has 58 heavy (non-hydrogen) atoms. The lowest BCUT2D eigenvalue weighted by Crippen LogP contribution is -2.00. The Morgan fingerprint density at radius 3 is 1.33 bits per heavy atom. The van der Waals surface area contributed by atoms with Crippen LogP contribution in [0.3, 0.4) is 0 Å². The molecule has 0 radical (unpaired) electrons. The molecule has 12 aromatic rings.